The number of amides is 3. The second-order valence-corrected chi connectivity index (χ2v) is 15.4. The number of carbonyl (C=O) groups excluding carboxylic acids is 3. The SMILES string of the molecule is COc1ccc(C[N+]2(C)CCC[C@H](N(C(=O)Nc3ccc(OS(=O)(=O)c4ccsc4)cc3)[C@@H](Cc3ccc(O)cc3)C(N)=O)C2)cc1OC.O=C([O-])C(F)(F)F. The molecule has 302 valence electrons. The number of thiophene rings is 1. The number of aliphatic carboxylic acids is 1. The smallest absolute Gasteiger partial charge is 0.430 e. The van der Waals surface area contributed by atoms with Crippen molar-refractivity contribution in [1.29, 1.82) is 0 Å². The van der Waals surface area contributed by atoms with Crippen molar-refractivity contribution in [1.82, 2.24) is 4.90 Å². The standard InChI is InChI=1S/C35H40N4O8S2.C2HF3O2/c1-39(21-25-8-15-32(45-2)33(20-25)46-3)17-4-5-27(22-39)38(31(34(36)41)19-24-6-11-28(40)12-7-24)35(42)37-26-9-13-29(14-10-26)47-49(43,44)30-16-18-48-23-30;3-2(4,5)1(6)7/h6-16,18,20,23,27,31H,4-5,17,19,21-22H2,1-3H3,(H3-,36,37,40,41,42);(H,6,7)/t27-,31-,39?;/m0./s1. The summed E-state index contributed by atoms with van der Waals surface area (Å²) in [4.78, 5) is 37.7. The lowest BCUT2D eigenvalue weighted by Crippen LogP contribution is -2.62. The van der Waals surface area contributed by atoms with Crippen LogP contribution in [0.3, 0.4) is 0 Å². The summed E-state index contributed by atoms with van der Waals surface area (Å²) >= 11 is 1.24. The molecule has 0 bridgehead atoms. The number of halogens is 3. The zero-order valence-electron chi connectivity index (χ0n) is 30.5. The van der Waals surface area contributed by atoms with Crippen LogP contribution in [-0.2, 0) is 32.7 Å². The fourth-order valence-electron chi connectivity index (χ4n) is 6.29. The number of anilines is 1. The van der Waals surface area contributed by atoms with Gasteiger partial charge in [0.2, 0.25) is 5.91 Å². The number of aromatic hydroxyl groups is 1. The van der Waals surface area contributed by atoms with E-state index in [2.05, 4.69) is 12.4 Å². The summed E-state index contributed by atoms with van der Waals surface area (Å²) in [6, 6.07) is 17.8. The molecule has 19 heteroatoms. The maximum atomic E-state index is 14.2. The normalized spacial score (nSPS) is 17.4. The fourth-order valence-corrected chi connectivity index (χ4v) is 8.23. The number of piperidine rings is 1. The molecule has 56 heavy (non-hydrogen) atoms. The highest BCUT2D eigenvalue weighted by molar-refractivity contribution is 7.87. The largest absolute Gasteiger partial charge is 0.542 e. The van der Waals surface area contributed by atoms with Gasteiger partial charge in [0, 0.05) is 23.1 Å². The van der Waals surface area contributed by atoms with Crippen molar-refractivity contribution in [2.45, 2.75) is 49.0 Å². The molecule has 4 aromatic rings. The summed E-state index contributed by atoms with van der Waals surface area (Å²) in [5.74, 6) is -2.24. The third-order valence-electron chi connectivity index (χ3n) is 8.88. The van der Waals surface area contributed by atoms with E-state index < -0.39 is 40.2 Å². The van der Waals surface area contributed by atoms with Gasteiger partial charge in [-0.3, -0.25) is 4.79 Å². The first-order valence-electron chi connectivity index (χ1n) is 16.9. The Balaban J connectivity index is 0.000000908. The Kier molecular flexibility index (Phi) is 14.2. The fraction of sp³-hybridized carbons (Fsp3) is 0.324. The van der Waals surface area contributed by atoms with Gasteiger partial charge in [-0.05, 0) is 84.4 Å². The molecular formula is C37H41F3N4O10S2. The number of carboxylic acids is 1. The van der Waals surface area contributed by atoms with Gasteiger partial charge < -0.3 is 49.1 Å². The average molecular weight is 823 g/mol. The lowest BCUT2D eigenvalue weighted by atomic mass is 9.96. The van der Waals surface area contributed by atoms with Crippen molar-refractivity contribution >= 4 is 45.0 Å². The number of urea groups is 1. The van der Waals surface area contributed by atoms with Gasteiger partial charge >= 0.3 is 22.3 Å². The second kappa shape index (κ2) is 18.4. The Bertz CT molecular complexity index is 2070. The zero-order chi connectivity index (χ0) is 41.3. The van der Waals surface area contributed by atoms with E-state index in [0.717, 1.165) is 24.1 Å². The summed E-state index contributed by atoms with van der Waals surface area (Å²) < 4.78 is 73.4. The number of rotatable bonds is 13. The first-order chi connectivity index (χ1) is 26.3. The number of likely N-dealkylation sites (N-methyl/N-ethyl adjacent to an activating group) is 1. The van der Waals surface area contributed by atoms with Crippen LogP contribution in [-0.4, -0.2) is 93.4 Å². The predicted molar refractivity (Wildman–Crippen MR) is 197 cm³/mol. The van der Waals surface area contributed by atoms with Crippen molar-refractivity contribution in [3.8, 4) is 23.0 Å². The highest BCUT2D eigenvalue weighted by atomic mass is 32.2. The highest BCUT2D eigenvalue weighted by Crippen LogP contribution is 2.32. The minimum atomic E-state index is -5.19. The van der Waals surface area contributed by atoms with Crippen LogP contribution in [0.15, 0.2) is 88.5 Å². The molecule has 3 atom stereocenters. The number of benzene rings is 3. The van der Waals surface area contributed by atoms with Crippen molar-refractivity contribution in [2.24, 2.45) is 5.73 Å². The maximum Gasteiger partial charge on any atom is 0.430 e. The van der Waals surface area contributed by atoms with Crippen LogP contribution in [0.25, 0.3) is 0 Å². The first kappa shape index (κ1) is 43.2. The summed E-state index contributed by atoms with van der Waals surface area (Å²) in [5.41, 5.74) is 8.15. The summed E-state index contributed by atoms with van der Waals surface area (Å²) in [7, 11) is 1.31. The average Bonchev–Trinajstić information content (AvgIpc) is 3.69. The number of nitrogens with zero attached hydrogens (tertiary/aromatic N) is 2. The summed E-state index contributed by atoms with van der Waals surface area (Å²) in [6.07, 6.45) is -3.60. The van der Waals surface area contributed by atoms with Gasteiger partial charge in [-0.15, -0.1) is 0 Å². The monoisotopic (exact) mass is 822 g/mol. The van der Waals surface area contributed by atoms with Crippen molar-refractivity contribution in [2.75, 3.05) is 39.7 Å². The first-order valence-corrected chi connectivity index (χ1v) is 19.2. The van der Waals surface area contributed by atoms with Crippen LogP contribution in [0.1, 0.15) is 24.0 Å². The van der Waals surface area contributed by atoms with Crippen LogP contribution < -0.4 is 29.8 Å². The Morgan fingerprint density at radius 1 is 1.02 bits per heavy atom. The molecule has 0 radical (unpaired) electrons. The number of alkyl halides is 3. The molecule has 0 spiro atoms. The number of primary amides is 1. The van der Waals surface area contributed by atoms with Gasteiger partial charge in [0.1, 0.15) is 35.0 Å². The molecule has 1 aromatic heterocycles. The number of quaternary nitrogens is 1. The molecule has 0 aliphatic carbocycles. The number of phenolic OH excluding ortho intramolecular Hbond substituents is 1. The van der Waals surface area contributed by atoms with Crippen LogP contribution in [0.4, 0.5) is 23.7 Å². The minimum Gasteiger partial charge on any atom is -0.542 e. The molecule has 5 rings (SSSR count). The van der Waals surface area contributed by atoms with Crippen LogP contribution in [0.2, 0.25) is 0 Å². The number of phenols is 1. The van der Waals surface area contributed by atoms with Crippen LogP contribution in [0, 0.1) is 0 Å². The second-order valence-electron chi connectivity index (χ2n) is 13.1. The van der Waals surface area contributed by atoms with Crippen molar-refractivity contribution in [3.63, 3.8) is 0 Å². The number of hydrogen-bond donors (Lipinski definition) is 3. The third-order valence-corrected chi connectivity index (χ3v) is 11.0. The van der Waals surface area contributed by atoms with Crippen molar-refractivity contribution < 1.29 is 64.3 Å². The third kappa shape index (κ3) is 11.7. The molecule has 1 fully saturated rings. The quantitative estimate of drug-likeness (QED) is 0.129. The van der Waals surface area contributed by atoms with E-state index in [9.17, 15) is 36.3 Å². The van der Waals surface area contributed by atoms with E-state index in [1.807, 2.05) is 18.2 Å². The molecule has 3 amide bonds. The van der Waals surface area contributed by atoms with E-state index in [1.54, 1.807) is 36.6 Å². The molecule has 14 nitrogen and oxygen atoms in total. The minimum absolute atomic E-state index is 0.0562. The number of carboxylic acid groups (broad SMARTS) is 1. The number of ether oxygens (including phenoxy) is 2. The molecule has 3 aromatic carbocycles. The lowest BCUT2D eigenvalue weighted by molar-refractivity contribution is -0.928. The van der Waals surface area contributed by atoms with Gasteiger partial charge in [0.05, 0.1) is 40.4 Å². The number of methoxy groups -OCH3 is 2. The molecular weight excluding hydrogens is 782 g/mol. The molecule has 1 unspecified atom stereocenters. The van der Waals surface area contributed by atoms with Gasteiger partial charge in [0.25, 0.3) is 0 Å². The Morgan fingerprint density at radius 2 is 1.64 bits per heavy atom. The summed E-state index contributed by atoms with van der Waals surface area (Å²) in [6.45, 7) is 2.06. The number of nitrogens with two attached hydrogens (primary N) is 1. The van der Waals surface area contributed by atoms with Crippen molar-refractivity contribution in [3.05, 3.63) is 94.7 Å². The van der Waals surface area contributed by atoms with Crippen LogP contribution >= 0.6 is 11.3 Å². The Morgan fingerprint density at radius 3 is 2.20 bits per heavy atom. The van der Waals surface area contributed by atoms with Gasteiger partial charge in [-0.1, -0.05) is 12.1 Å². The van der Waals surface area contributed by atoms with Gasteiger partial charge in [0.15, 0.2) is 11.5 Å². The number of hydrogen-bond acceptors (Lipinski definition) is 11. The number of carbonyl (C=O) groups is 3. The molecule has 1 aliphatic rings. The molecule has 1 aliphatic heterocycles. The Hall–Kier alpha value is -5.53. The predicted octanol–water partition coefficient (Wildman–Crippen LogP) is 4.28. The summed E-state index contributed by atoms with van der Waals surface area (Å²) in [5, 5.41) is 24.6. The molecule has 1 saturated heterocycles. The zero-order valence-corrected chi connectivity index (χ0v) is 32.2. The molecule has 0 saturated carbocycles. The van der Waals surface area contributed by atoms with E-state index in [1.165, 1.54) is 59.2 Å². The van der Waals surface area contributed by atoms with E-state index >= 15 is 0 Å². The van der Waals surface area contributed by atoms with Crippen LogP contribution in [0.5, 0.6) is 23.0 Å². The van der Waals surface area contributed by atoms with Gasteiger partial charge in [-0.2, -0.15) is 32.9 Å². The highest BCUT2D eigenvalue weighted by Gasteiger charge is 2.41. The topological polar surface area (TPSA) is 198 Å². The Labute approximate surface area is 325 Å². The molecule has 2 heterocycles. The van der Waals surface area contributed by atoms with E-state index in [4.69, 9.17) is 29.3 Å². The van der Waals surface area contributed by atoms with E-state index in [0.29, 0.717) is 41.2 Å². The maximum absolute atomic E-state index is 14.2. The van der Waals surface area contributed by atoms with E-state index in [-0.39, 0.29) is 28.9 Å². The van der Waals surface area contributed by atoms with Gasteiger partial charge in [-0.25, -0.2) is 4.79 Å². The lowest BCUT2D eigenvalue weighted by Gasteiger charge is -2.46. The number of likely N-dealkylation sites (tertiary alicyclic amines) is 1. The molecule has 4 N–H and O–H groups in total. The number of nitrogens with one attached hydrogen (secondary N) is 1.